The Morgan fingerprint density at radius 3 is 3.12 bits per heavy atom. The van der Waals surface area contributed by atoms with Crippen LogP contribution in [0.2, 0.25) is 0 Å². The van der Waals surface area contributed by atoms with Gasteiger partial charge in [-0.3, -0.25) is 0 Å². The minimum Gasteiger partial charge on any atom is -0.393 e. The third-order valence-corrected chi connectivity index (χ3v) is 3.26. The van der Waals surface area contributed by atoms with E-state index in [9.17, 15) is 5.11 Å². The highest BCUT2D eigenvalue weighted by molar-refractivity contribution is 4.97. The molecular formula is C12H21N3O2. The van der Waals surface area contributed by atoms with Crippen molar-refractivity contribution in [1.82, 2.24) is 15.0 Å². The summed E-state index contributed by atoms with van der Waals surface area (Å²) in [5.74, 6) is 1.71. The topological polar surface area (TPSA) is 62.4 Å². The van der Waals surface area contributed by atoms with Crippen LogP contribution in [0.15, 0.2) is 4.52 Å². The Kier molecular flexibility index (Phi) is 4.12. The molecule has 0 aromatic carbocycles. The van der Waals surface area contributed by atoms with E-state index in [1.807, 2.05) is 0 Å². The number of rotatable bonds is 4. The molecule has 1 aromatic heterocycles. The molecule has 0 spiro atoms. The van der Waals surface area contributed by atoms with E-state index in [0.717, 1.165) is 25.4 Å². The van der Waals surface area contributed by atoms with Gasteiger partial charge in [0, 0.05) is 13.0 Å². The Morgan fingerprint density at radius 2 is 2.41 bits per heavy atom. The van der Waals surface area contributed by atoms with E-state index in [4.69, 9.17) is 4.52 Å². The Morgan fingerprint density at radius 1 is 1.59 bits per heavy atom. The second-order valence-corrected chi connectivity index (χ2v) is 4.83. The molecule has 2 unspecified atom stereocenters. The van der Waals surface area contributed by atoms with E-state index in [1.165, 1.54) is 13.0 Å². The SMILES string of the molecule is CCN1CCCC(c2nc(CC(C)O)no2)C1. The summed E-state index contributed by atoms with van der Waals surface area (Å²) in [6.45, 7) is 7.16. The van der Waals surface area contributed by atoms with Crippen molar-refractivity contribution in [3.63, 3.8) is 0 Å². The van der Waals surface area contributed by atoms with E-state index in [2.05, 4.69) is 22.0 Å². The Labute approximate surface area is 102 Å². The molecule has 2 atom stereocenters. The van der Waals surface area contributed by atoms with Crippen molar-refractivity contribution in [2.24, 2.45) is 0 Å². The average Bonchev–Trinajstić information content (AvgIpc) is 2.77. The van der Waals surface area contributed by atoms with Crippen molar-refractivity contribution in [3.8, 4) is 0 Å². The lowest BCUT2D eigenvalue weighted by Gasteiger charge is -2.29. The third-order valence-electron chi connectivity index (χ3n) is 3.26. The number of aliphatic hydroxyl groups excluding tert-OH is 1. The van der Waals surface area contributed by atoms with Crippen LogP contribution in [0, 0.1) is 0 Å². The van der Waals surface area contributed by atoms with Crippen LogP contribution in [-0.4, -0.2) is 45.9 Å². The van der Waals surface area contributed by atoms with Gasteiger partial charge in [-0.1, -0.05) is 12.1 Å². The van der Waals surface area contributed by atoms with Crippen molar-refractivity contribution >= 4 is 0 Å². The number of aliphatic hydroxyl groups is 1. The van der Waals surface area contributed by atoms with Gasteiger partial charge in [0.2, 0.25) is 5.89 Å². The zero-order valence-corrected chi connectivity index (χ0v) is 10.6. The summed E-state index contributed by atoms with van der Waals surface area (Å²) in [5.41, 5.74) is 0. The van der Waals surface area contributed by atoms with Crippen LogP contribution in [0.5, 0.6) is 0 Å². The quantitative estimate of drug-likeness (QED) is 0.855. The maximum atomic E-state index is 9.28. The highest BCUT2D eigenvalue weighted by atomic mass is 16.5. The van der Waals surface area contributed by atoms with Crippen molar-refractivity contribution in [3.05, 3.63) is 11.7 Å². The molecular weight excluding hydrogens is 218 g/mol. The molecule has 1 fully saturated rings. The summed E-state index contributed by atoms with van der Waals surface area (Å²) >= 11 is 0. The van der Waals surface area contributed by atoms with Crippen molar-refractivity contribution in [2.75, 3.05) is 19.6 Å². The number of likely N-dealkylation sites (tertiary alicyclic amines) is 1. The first-order valence-corrected chi connectivity index (χ1v) is 6.42. The lowest BCUT2D eigenvalue weighted by Crippen LogP contribution is -2.34. The summed E-state index contributed by atoms with van der Waals surface area (Å²) < 4.78 is 5.30. The minimum atomic E-state index is -0.418. The zero-order valence-electron chi connectivity index (χ0n) is 10.6. The predicted octanol–water partition coefficient (Wildman–Crippen LogP) is 1.19. The van der Waals surface area contributed by atoms with Crippen LogP contribution in [0.3, 0.4) is 0 Å². The second kappa shape index (κ2) is 5.60. The standard InChI is InChI=1S/C12H21N3O2/c1-3-15-6-4-5-10(8-15)12-13-11(14-17-12)7-9(2)16/h9-10,16H,3-8H2,1-2H3. The summed E-state index contributed by atoms with van der Waals surface area (Å²) in [6, 6.07) is 0. The number of nitrogens with zero attached hydrogens (tertiary/aromatic N) is 3. The largest absolute Gasteiger partial charge is 0.393 e. The van der Waals surface area contributed by atoms with E-state index in [-0.39, 0.29) is 0 Å². The normalized spacial score (nSPS) is 23.8. The third kappa shape index (κ3) is 3.26. The molecule has 1 N–H and O–H groups in total. The van der Waals surface area contributed by atoms with E-state index < -0.39 is 6.10 Å². The van der Waals surface area contributed by atoms with Crippen LogP contribution in [0.4, 0.5) is 0 Å². The molecule has 1 aliphatic rings. The van der Waals surface area contributed by atoms with Gasteiger partial charge in [-0.2, -0.15) is 4.98 Å². The molecule has 0 bridgehead atoms. The van der Waals surface area contributed by atoms with Crippen LogP contribution in [0.25, 0.3) is 0 Å². The lowest BCUT2D eigenvalue weighted by molar-refractivity contribution is 0.189. The van der Waals surface area contributed by atoms with Crippen LogP contribution >= 0.6 is 0 Å². The van der Waals surface area contributed by atoms with Gasteiger partial charge in [-0.05, 0) is 32.9 Å². The van der Waals surface area contributed by atoms with Crippen molar-refractivity contribution in [2.45, 2.75) is 45.1 Å². The fourth-order valence-corrected chi connectivity index (χ4v) is 2.32. The Balaban J connectivity index is 1.99. The van der Waals surface area contributed by atoms with Gasteiger partial charge < -0.3 is 14.5 Å². The molecule has 0 saturated carbocycles. The number of hydrogen-bond donors (Lipinski definition) is 1. The highest BCUT2D eigenvalue weighted by Crippen LogP contribution is 2.25. The highest BCUT2D eigenvalue weighted by Gasteiger charge is 2.25. The van der Waals surface area contributed by atoms with Gasteiger partial charge in [-0.25, -0.2) is 0 Å². The van der Waals surface area contributed by atoms with Gasteiger partial charge in [0.25, 0.3) is 0 Å². The molecule has 2 rings (SSSR count). The Hall–Kier alpha value is -0.940. The Bertz CT molecular complexity index is 351. The van der Waals surface area contributed by atoms with E-state index >= 15 is 0 Å². The summed E-state index contributed by atoms with van der Waals surface area (Å²) in [5, 5.41) is 13.2. The van der Waals surface area contributed by atoms with Gasteiger partial charge in [0.15, 0.2) is 5.82 Å². The van der Waals surface area contributed by atoms with Crippen LogP contribution < -0.4 is 0 Å². The lowest BCUT2D eigenvalue weighted by atomic mass is 9.98. The molecule has 1 aromatic rings. The van der Waals surface area contributed by atoms with E-state index in [1.54, 1.807) is 6.92 Å². The number of likely N-dealkylation sites (N-methyl/N-ethyl adjacent to an activating group) is 1. The maximum absolute atomic E-state index is 9.28. The average molecular weight is 239 g/mol. The van der Waals surface area contributed by atoms with Gasteiger partial charge in [-0.15, -0.1) is 0 Å². The van der Waals surface area contributed by atoms with Crippen LogP contribution in [0.1, 0.15) is 44.3 Å². The molecule has 17 heavy (non-hydrogen) atoms. The summed E-state index contributed by atoms with van der Waals surface area (Å²) in [4.78, 5) is 6.79. The molecule has 0 radical (unpaired) electrons. The monoisotopic (exact) mass is 239 g/mol. The minimum absolute atomic E-state index is 0.360. The van der Waals surface area contributed by atoms with Gasteiger partial charge in [0.1, 0.15) is 0 Å². The fourth-order valence-electron chi connectivity index (χ4n) is 2.32. The molecule has 0 amide bonds. The summed E-state index contributed by atoms with van der Waals surface area (Å²) in [6.07, 6.45) is 2.35. The number of aromatic nitrogens is 2. The second-order valence-electron chi connectivity index (χ2n) is 4.83. The molecule has 5 nitrogen and oxygen atoms in total. The molecule has 5 heteroatoms. The van der Waals surface area contributed by atoms with Gasteiger partial charge >= 0.3 is 0 Å². The fraction of sp³-hybridized carbons (Fsp3) is 0.833. The predicted molar refractivity (Wildman–Crippen MR) is 63.8 cm³/mol. The molecule has 2 heterocycles. The first-order chi connectivity index (χ1) is 8.19. The van der Waals surface area contributed by atoms with Gasteiger partial charge in [0.05, 0.1) is 12.0 Å². The summed E-state index contributed by atoms with van der Waals surface area (Å²) in [7, 11) is 0. The van der Waals surface area contributed by atoms with Crippen molar-refractivity contribution in [1.29, 1.82) is 0 Å². The first kappa shape index (κ1) is 12.5. The molecule has 96 valence electrons. The molecule has 0 aliphatic carbocycles. The molecule has 1 aliphatic heterocycles. The smallest absolute Gasteiger partial charge is 0.231 e. The maximum Gasteiger partial charge on any atom is 0.231 e. The van der Waals surface area contributed by atoms with Crippen LogP contribution in [-0.2, 0) is 6.42 Å². The first-order valence-electron chi connectivity index (χ1n) is 6.42. The van der Waals surface area contributed by atoms with Crippen molar-refractivity contribution < 1.29 is 9.63 Å². The number of hydrogen-bond acceptors (Lipinski definition) is 5. The molecule has 1 saturated heterocycles. The van der Waals surface area contributed by atoms with E-state index in [0.29, 0.717) is 18.2 Å². The zero-order chi connectivity index (χ0) is 12.3. The number of piperidine rings is 1.